The Balaban J connectivity index is 0.000000519. The van der Waals surface area contributed by atoms with Crippen LogP contribution in [0.5, 0.6) is 0 Å². The Morgan fingerprint density at radius 1 is 0.361 bits per heavy atom. The van der Waals surface area contributed by atoms with Crippen molar-refractivity contribution in [2.45, 2.75) is 32.1 Å². The summed E-state index contributed by atoms with van der Waals surface area (Å²) in [6.07, 6.45) is 6.04. The van der Waals surface area contributed by atoms with Crippen molar-refractivity contribution >= 4 is 0 Å². The van der Waals surface area contributed by atoms with Crippen LogP contribution in [-0.4, -0.2) is 131 Å². The fourth-order valence-electron chi connectivity index (χ4n) is 3.54. The van der Waals surface area contributed by atoms with Gasteiger partial charge in [-0.2, -0.15) is 0 Å². The first-order valence-electron chi connectivity index (χ1n) is 14.7. The second kappa shape index (κ2) is 34.6. The normalized spacial score (nSPS) is 20.2. The van der Waals surface area contributed by atoms with Gasteiger partial charge >= 0.3 is 0 Å². The maximum Gasteiger partial charge on any atom is 0.00772 e. The first-order valence-corrected chi connectivity index (χ1v) is 14.7. The van der Waals surface area contributed by atoms with E-state index in [0.29, 0.717) is 0 Å². The smallest absolute Gasteiger partial charge is 0.00772 e. The Morgan fingerprint density at radius 2 is 0.694 bits per heavy atom. The van der Waals surface area contributed by atoms with E-state index in [2.05, 4.69) is 47.9 Å². The first kappa shape index (κ1) is 35.6. The summed E-state index contributed by atoms with van der Waals surface area (Å²) in [6, 6.07) is 0. The van der Waals surface area contributed by atoms with E-state index in [0.717, 1.165) is 137 Å². The summed E-state index contributed by atoms with van der Waals surface area (Å²) < 4.78 is 0. The van der Waals surface area contributed by atoms with Crippen molar-refractivity contribution in [2.24, 2.45) is 11.5 Å². The Morgan fingerprint density at radius 3 is 1.00 bits per heavy atom. The van der Waals surface area contributed by atoms with E-state index in [1.165, 1.54) is 25.7 Å². The highest BCUT2D eigenvalue weighted by Crippen LogP contribution is 1.90. The van der Waals surface area contributed by atoms with Crippen LogP contribution in [0.1, 0.15) is 32.1 Å². The summed E-state index contributed by atoms with van der Waals surface area (Å²) in [5, 5.41) is 30.3. The van der Waals surface area contributed by atoms with Gasteiger partial charge in [-0.05, 0) is 65.0 Å². The molecule has 0 unspecified atom stereocenters. The summed E-state index contributed by atoms with van der Waals surface area (Å²) in [4.78, 5) is 0. The Hall–Kier alpha value is -0.440. The SMILES string of the molecule is C1CNCCNCCCNCCNC1.C1CNCCNCCNCCN1.NCCCCCNCCN. The Bertz CT molecular complexity index is 274. The van der Waals surface area contributed by atoms with E-state index in [1.807, 2.05) is 0 Å². The third kappa shape index (κ3) is 33.6. The minimum Gasteiger partial charge on any atom is -0.330 e. The monoisotopic (exact) mass is 518 g/mol. The zero-order chi connectivity index (χ0) is 26.0. The van der Waals surface area contributed by atoms with Crippen LogP contribution in [0.3, 0.4) is 0 Å². The van der Waals surface area contributed by atoms with Crippen molar-refractivity contribution in [2.75, 3.05) is 131 Å². The number of nitrogens with two attached hydrogens (primary N) is 2. The highest BCUT2D eigenvalue weighted by atomic mass is 15.0. The van der Waals surface area contributed by atoms with Crippen LogP contribution in [0, 0.1) is 0 Å². The lowest BCUT2D eigenvalue weighted by atomic mass is 10.2. The molecule has 0 bridgehead atoms. The highest BCUT2D eigenvalue weighted by Gasteiger charge is 1.94. The minimum atomic E-state index is 0.733. The van der Waals surface area contributed by atoms with E-state index in [-0.39, 0.29) is 0 Å². The summed E-state index contributed by atoms with van der Waals surface area (Å²) >= 11 is 0. The molecule has 0 aliphatic carbocycles. The van der Waals surface area contributed by atoms with Gasteiger partial charge in [0.05, 0.1) is 0 Å². The lowest BCUT2D eigenvalue weighted by Gasteiger charge is -2.11. The average Bonchev–Trinajstić information content (AvgIpc) is 2.89. The van der Waals surface area contributed by atoms with Gasteiger partial charge in [-0.25, -0.2) is 0 Å². The fraction of sp³-hybridized carbons (Fsp3) is 1.00. The molecule has 0 spiro atoms. The van der Waals surface area contributed by atoms with Gasteiger partial charge in [-0.3, -0.25) is 0 Å². The molecule has 0 amide bonds. The second-order valence-electron chi connectivity index (χ2n) is 9.10. The largest absolute Gasteiger partial charge is 0.330 e. The maximum absolute atomic E-state index is 5.33. The topological polar surface area (TPSA) is 160 Å². The number of nitrogens with one attached hydrogen (secondary N) is 9. The van der Waals surface area contributed by atoms with Crippen LogP contribution < -0.4 is 59.3 Å². The molecule has 0 atom stereocenters. The minimum absolute atomic E-state index is 0.733. The quantitative estimate of drug-likeness (QED) is 0.158. The van der Waals surface area contributed by atoms with E-state index in [9.17, 15) is 0 Å². The lowest BCUT2D eigenvalue weighted by molar-refractivity contribution is 0.530. The molecule has 0 radical (unpaired) electrons. The molecule has 2 rings (SSSR count). The summed E-state index contributed by atoms with van der Waals surface area (Å²) in [6.45, 7) is 21.0. The fourth-order valence-corrected chi connectivity index (χ4v) is 3.54. The van der Waals surface area contributed by atoms with Crippen molar-refractivity contribution in [3.05, 3.63) is 0 Å². The maximum atomic E-state index is 5.33. The molecule has 11 nitrogen and oxygen atoms in total. The molecule has 0 aromatic rings. The molecule has 218 valence electrons. The van der Waals surface area contributed by atoms with Crippen molar-refractivity contribution in [1.82, 2.24) is 47.9 Å². The second-order valence-corrected chi connectivity index (χ2v) is 9.10. The molecule has 2 aliphatic rings. The predicted octanol–water partition coefficient (Wildman–Crippen LogP) is -2.84. The van der Waals surface area contributed by atoms with Crippen LogP contribution in [0.25, 0.3) is 0 Å². The zero-order valence-corrected chi connectivity index (χ0v) is 23.3. The van der Waals surface area contributed by atoms with Gasteiger partial charge in [0.2, 0.25) is 0 Å². The van der Waals surface area contributed by atoms with Gasteiger partial charge in [-0.15, -0.1) is 0 Å². The molecule has 0 saturated carbocycles. The van der Waals surface area contributed by atoms with Gasteiger partial charge in [0.25, 0.3) is 0 Å². The van der Waals surface area contributed by atoms with Crippen molar-refractivity contribution in [3.8, 4) is 0 Å². The number of rotatable bonds is 7. The van der Waals surface area contributed by atoms with Gasteiger partial charge in [0.1, 0.15) is 0 Å². The molecule has 11 heteroatoms. The molecule has 2 saturated heterocycles. The third-order valence-corrected chi connectivity index (χ3v) is 5.66. The van der Waals surface area contributed by atoms with Crippen LogP contribution in [0.15, 0.2) is 0 Å². The van der Waals surface area contributed by atoms with E-state index < -0.39 is 0 Å². The molecule has 0 aromatic heterocycles. The van der Waals surface area contributed by atoms with Crippen LogP contribution in [0.4, 0.5) is 0 Å². The summed E-state index contributed by atoms with van der Waals surface area (Å²) in [5.41, 5.74) is 10.6. The van der Waals surface area contributed by atoms with Gasteiger partial charge < -0.3 is 59.3 Å². The van der Waals surface area contributed by atoms with Gasteiger partial charge in [0, 0.05) is 91.6 Å². The molecule has 2 fully saturated rings. The van der Waals surface area contributed by atoms with Crippen molar-refractivity contribution in [1.29, 1.82) is 0 Å². The standard InChI is InChI=1S/C10H24N4.C8H20N4.C7H19N3/c1-3-11-7-9-13-5-2-6-14-10-8-12-4-1;1-2-10-5-6-12-8-7-11-4-3-9-1;8-4-2-1-3-6-10-7-5-9/h11-14H,1-10H2;9-12H,1-8H2;10H,1-9H2. The number of hydrogen-bond donors (Lipinski definition) is 11. The van der Waals surface area contributed by atoms with E-state index in [1.54, 1.807) is 0 Å². The molecule has 36 heavy (non-hydrogen) atoms. The zero-order valence-electron chi connectivity index (χ0n) is 23.3. The third-order valence-electron chi connectivity index (χ3n) is 5.66. The van der Waals surface area contributed by atoms with Crippen molar-refractivity contribution < 1.29 is 0 Å². The van der Waals surface area contributed by atoms with E-state index in [4.69, 9.17) is 11.5 Å². The molecule has 2 heterocycles. The molecule has 2 aliphatic heterocycles. The number of hydrogen-bond acceptors (Lipinski definition) is 11. The highest BCUT2D eigenvalue weighted by molar-refractivity contribution is 4.60. The van der Waals surface area contributed by atoms with Crippen LogP contribution >= 0.6 is 0 Å². The van der Waals surface area contributed by atoms with Crippen LogP contribution in [0.2, 0.25) is 0 Å². The Labute approximate surface area is 222 Å². The van der Waals surface area contributed by atoms with Gasteiger partial charge in [-0.1, -0.05) is 6.42 Å². The molecule has 13 N–H and O–H groups in total. The number of unbranched alkanes of at least 4 members (excludes halogenated alkanes) is 2. The molecular formula is C25H63N11. The lowest BCUT2D eigenvalue weighted by Crippen LogP contribution is -2.39. The van der Waals surface area contributed by atoms with E-state index >= 15 is 0 Å². The summed E-state index contributed by atoms with van der Waals surface area (Å²) in [5.74, 6) is 0. The predicted molar refractivity (Wildman–Crippen MR) is 157 cm³/mol. The molecule has 0 aromatic carbocycles. The molecular weight excluding hydrogens is 454 g/mol. The van der Waals surface area contributed by atoms with Gasteiger partial charge in [0.15, 0.2) is 0 Å². The first-order chi connectivity index (χ1) is 17.9. The Kier molecular flexibility index (Phi) is 34.1. The summed E-state index contributed by atoms with van der Waals surface area (Å²) in [7, 11) is 0. The average molecular weight is 518 g/mol. The van der Waals surface area contributed by atoms with Crippen LogP contribution in [-0.2, 0) is 0 Å². The van der Waals surface area contributed by atoms with Crippen molar-refractivity contribution in [3.63, 3.8) is 0 Å².